The lowest BCUT2D eigenvalue weighted by Gasteiger charge is -2.13. The van der Waals surface area contributed by atoms with E-state index in [1.807, 2.05) is 6.07 Å². The second-order valence-electron chi connectivity index (χ2n) is 4.27. The maximum Gasteiger partial charge on any atom is 0.269 e. The van der Waals surface area contributed by atoms with Crippen molar-refractivity contribution in [2.24, 2.45) is 0 Å². The van der Waals surface area contributed by atoms with Crippen molar-refractivity contribution >= 4 is 5.91 Å². The van der Waals surface area contributed by atoms with Gasteiger partial charge in [0.05, 0.1) is 11.6 Å². The first-order valence-electron chi connectivity index (χ1n) is 6.14. The van der Waals surface area contributed by atoms with Gasteiger partial charge in [0.25, 0.3) is 5.91 Å². The highest BCUT2D eigenvalue weighted by molar-refractivity contribution is 5.96. The summed E-state index contributed by atoms with van der Waals surface area (Å²) in [4.78, 5) is 11.9. The van der Waals surface area contributed by atoms with Gasteiger partial charge in [-0.15, -0.1) is 0 Å². The first-order chi connectivity index (χ1) is 10.1. The van der Waals surface area contributed by atoms with Crippen LogP contribution in [0.4, 0.5) is 0 Å². The molecule has 0 unspecified atom stereocenters. The number of rotatable bonds is 4. The molecule has 2 aromatic carbocycles. The van der Waals surface area contributed by atoms with Crippen LogP contribution in [-0.4, -0.2) is 16.1 Å². The van der Waals surface area contributed by atoms with Gasteiger partial charge >= 0.3 is 0 Å². The van der Waals surface area contributed by atoms with E-state index in [4.69, 9.17) is 5.26 Å². The molecule has 6 nitrogen and oxygen atoms in total. The van der Waals surface area contributed by atoms with Crippen LogP contribution in [0.5, 0.6) is 11.5 Å². The second kappa shape index (κ2) is 6.41. The van der Waals surface area contributed by atoms with Crippen LogP contribution in [0.3, 0.4) is 0 Å². The van der Waals surface area contributed by atoms with Crippen LogP contribution in [0.1, 0.15) is 22.0 Å². The molecule has 1 atom stereocenters. The second-order valence-corrected chi connectivity index (χ2v) is 4.27. The summed E-state index contributed by atoms with van der Waals surface area (Å²) in [6.07, 6.45) is 0. The van der Waals surface area contributed by atoms with E-state index in [0.29, 0.717) is 5.56 Å². The lowest BCUT2D eigenvalue weighted by Crippen LogP contribution is -2.39. The molecule has 4 N–H and O–H groups in total. The Kier molecular flexibility index (Phi) is 4.39. The number of benzene rings is 2. The fourth-order valence-electron chi connectivity index (χ4n) is 1.73. The molecule has 0 aliphatic heterocycles. The molecule has 0 aromatic heterocycles. The van der Waals surface area contributed by atoms with Crippen LogP contribution in [0, 0.1) is 11.3 Å². The summed E-state index contributed by atoms with van der Waals surface area (Å²) in [5.41, 5.74) is 5.64. The summed E-state index contributed by atoms with van der Waals surface area (Å²) in [7, 11) is 0. The van der Waals surface area contributed by atoms with Crippen molar-refractivity contribution in [3.8, 4) is 17.6 Å². The van der Waals surface area contributed by atoms with Crippen LogP contribution >= 0.6 is 0 Å². The minimum absolute atomic E-state index is 0.0914. The van der Waals surface area contributed by atoms with E-state index in [-0.39, 0.29) is 17.1 Å². The van der Waals surface area contributed by atoms with Gasteiger partial charge in [-0.05, 0) is 29.8 Å². The fourth-order valence-corrected chi connectivity index (χ4v) is 1.73. The van der Waals surface area contributed by atoms with Crippen molar-refractivity contribution in [1.82, 2.24) is 10.9 Å². The van der Waals surface area contributed by atoms with Crippen molar-refractivity contribution in [1.29, 1.82) is 5.26 Å². The quantitative estimate of drug-likeness (QED) is 0.638. The van der Waals surface area contributed by atoms with Crippen molar-refractivity contribution in [3.63, 3.8) is 0 Å². The number of carbonyl (C=O) groups is 1. The van der Waals surface area contributed by atoms with Gasteiger partial charge in [0.2, 0.25) is 0 Å². The van der Waals surface area contributed by atoms with Crippen LogP contribution < -0.4 is 10.9 Å². The maximum absolute atomic E-state index is 11.9. The van der Waals surface area contributed by atoms with E-state index in [0.717, 1.165) is 0 Å². The van der Waals surface area contributed by atoms with Gasteiger partial charge in [-0.2, -0.15) is 5.26 Å². The van der Waals surface area contributed by atoms with E-state index >= 15 is 0 Å². The number of aromatic hydroxyl groups is 2. The monoisotopic (exact) mass is 283 g/mol. The highest BCUT2D eigenvalue weighted by Gasteiger charge is 2.14. The molecule has 0 spiro atoms. The Morgan fingerprint density at radius 3 is 2.38 bits per heavy atom. The maximum atomic E-state index is 11.9. The molecule has 6 heteroatoms. The number of para-hydroxylation sites is 1. The molecule has 0 heterocycles. The van der Waals surface area contributed by atoms with Gasteiger partial charge in [-0.3, -0.25) is 10.2 Å². The molecule has 21 heavy (non-hydrogen) atoms. The molecular weight excluding hydrogens is 270 g/mol. The normalized spacial score (nSPS) is 11.4. The van der Waals surface area contributed by atoms with E-state index in [2.05, 4.69) is 10.9 Å². The largest absolute Gasteiger partial charge is 0.508 e. The number of nitrogens with one attached hydrogen (secondary N) is 2. The molecule has 0 saturated carbocycles. The van der Waals surface area contributed by atoms with Gasteiger partial charge < -0.3 is 10.2 Å². The van der Waals surface area contributed by atoms with Crippen molar-refractivity contribution in [2.45, 2.75) is 6.04 Å². The van der Waals surface area contributed by atoms with Crippen LogP contribution in [-0.2, 0) is 0 Å². The first kappa shape index (κ1) is 14.4. The minimum Gasteiger partial charge on any atom is -0.508 e. The smallest absolute Gasteiger partial charge is 0.269 e. The average molecular weight is 283 g/mol. The van der Waals surface area contributed by atoms with Crippen molar-refractivity contribution in [3.05, 3.63) is 59.7 Å². The highest BCUT2D eigenvalue weighted by Crippen LogP contribution is 2.17. The van der Waals surface area contributed by atoms with Crippen LogP contribution in [0.2, 0.25) is 0 Å². The third-order valence-electron chi connectivity index (χ3n) is 2.83. The van der Waals surface area contributed by atoms with E-state index < -0.39 is 11.9 Å². The number of nitriles is 1. The summed E-state index contributed by atoms with van der Waals surface area (Å²) >= 11 is 0. The number of nitrogens with zero attached hydrogens (tertiary/aromatic N) is 1. The first-order valence-corrected chi connectivity index (χ1v) is 6.14. The Morgan fingerprint density at radius 1 is 1.10 bits per heavy atom. The molecule has 106 valence electrons. The topological polar surface area (TPSA) is 105 Å². The van der Waals surface area contributed by atoms with Gasteiger partial charge in [0.15, 0.2) is 0 Å². The number of hydrogen-bond donors (Lipinski definition) is 4. The Bertz CT molecular complexity index is 677. The number of phenolic OH excluding ortho intramolecular Hbond substituents is 2. The predicted octanol–water partition coefficient (Wildman–Crippen LogP) is 1.60. The van der Waals surface area contributed by atoms with Crippen molar-refractivity contribution in [2.75, 3.05) is 0 Å². The van der Waals surface area contributed by atoms with Crippen LogP contribution in [0.15, 0.2) is 48.5 Å². The summed E-state index contributed by atoms with van der Waals surface area (Å²) in [6.45, 7) is 0. The van der Waals surface area contributed by atoms with Crippen molar-refractivity contribution < 1.29 is 15.0 Å². The molecule has 0 aliphatic carbocycles. The van der Waals surface area contributed by atoms with E-state index in [9.17, 15) is 15.0 Å². The van der Waals surface area contributed by atoms with Gasteiger partial charge in [0, 0.05) is 0 Å². The summed E-state index contributed by atoms with van der Waals surface area (Å²) < 4.78 is 0. The number of hydrogen-bond acceptors (Lipinski definition) is 5. The molecule has 2 aromatic rings. The summed E-state index contributed by atoms with van der Waals surface area (Å²) in [6, 6.07) is 13.3. The van der Waals surface area contributed by atoms with Gasteiger partial charge in [-0.1, -0.05) is 24.3 Å². The molecule has 0 saturated heterocycles. The molecule has 0 radical (unpaired) electrons. The number of carbonyl (C=O) groups excluding carboxylic acids is 1. The Morgan fingerprint density at radius 2 is 1.76 bits per heavy atom. The van der Waals surface area contributed by atoms with Gasteiger partial charge in [-0.25, -0.2) is 5.43 Å². The minimum atomic E-state index is -0.777. The zero-order chi connectivity index (χ0) is 15.2. The zero-order valence-electron chi connectivity index (χ0n) is 10.9. The molecule has 2 rings (SSSR count). The third kappa shape index (κ3) is 3.49. The molecule has 0 aliphatic rings. The molecule has 0 fully saturated rings. The Labute approximate surface area is 121 Å². The Balaban J connectivity index is 2.04. The van der Waals surface area contributed by atoms with E-state index in [1.54, 1.807) is 24.3 Å². The Hall–Kier alpha value is -3.04. The zero-order valence-corrected chi connectivity index (χ0v) is 10.9. The summed E-state index contributed by atoms with van der Waals surface area (Å²) in [5.74, 6) is -0.601. The highest BCUT2D eigenvalue weighted by atomic mass is 16.3. The van der Waals surface area contributed by atoms with Crippen LogP contribution in [0.25, 0.3) is 0 Å². The molecular formula is C15H13N3O3. The molecule has 1 amide bonds. The lowest BCUT2D eigenvalue weighted by molar-refractivity contribution is 0.0926. The predicted molar refractivity (Wildman–Crippen MR) is 75.2 cm³/mol. The SMILES string of the molecule is N#C[C@@H](NNC(=O)c1ccccc1O)c1ccc(O)cc1. The average Bonchev–Trinajstić information content (AvgIpc) is 2.49. The number of hydrazine groups is 1. The standard InChI is InChI=1S/C15H13N3O3/c16-9-13(10-5-7-11(19)8-6-10)17-18-15(21)12-3-1-2-4-14(12)20/h1-8,13,17,19-20H,(H,18,21)/t13-/m1/s1. The third-order valence-corrected chi connectivity index (χ3v) is 2.83. The summed E-state index contributed by atoms with van der Waals surface area (Å²) in [5, 5.41) is 27.9. The number of amides is 1. The molecule has 0 bridgehead atoms. The fraction of sp³-hybridized carbons (Fsp3) is 0.0667. The van der Waals surface area contributed by atoms with Gasteiger partial charge in [0.1, 0.15) is 17.5 Å². The van der Waals surface area contributed by atoms with E-state index in [1.165, 1.54) is 24.3 Å². The number of phenols is 2. The lowest BCUT2D eigenvalue weighted by atomic mass is 10.1.